The highest BCUT2D eigenvalue weighted by atomic mass is 28.4. The quantitative estimate of drug-likeness (QED) is 0.228. The standard InChI is InChI=1S/C29H36N4O2Si/c1-29(2,3)36(24-14-8-6-9-15-24,25-16-10-7-11-17-25)35-21-13-5-4-12-20-30-28(34)23-18-19-26-27(22-23)32-33-31-26/h6-11,14-19,22H,4-5,12-13,20-21H2,1-3H3,(H,30,34)(H,31,32,33). The number of fused-ring (bicyclic) bond motifs is 1. The third kappa shape index (κ3) is 5.74. The lowest BCUT2D eigenvalue weighted by Crippen LogP contribution is -2.66. The fourth-order valence-corrected chi connectivity index (χ4v) is 9.46. The summed E-state index contributed by atoms with van der Waals surface area (Å²) >= 11 is 0. The van der Waals surface area contributed by atoms with Gasteiger partial charge in [-0.25, -0.2) is 0 Å². The predicted molar refractivity (Wildman–Crippen MR) is 148 cm³/mol. The Morgan fingerprint density at radius 1 is 0.833 bits per heavy atom. The second kappa shape index (κ2) is 11.6. The Morgan fingerprint density at radius 3 is 2.08 bits per heavy atom. The average molecular weight is 501 g/mol. The monoisotopic (exact) mass is 500 g/mol. The number of aromatic amines is 1. The molecule has 0 saturated carbocycles. The minimum Gasteiger partial charge on any atom is -0.407 e. The summed E-state index contributed by atoms with van der Waals surface area (Å²) in [4.78, 5) is 12.4. The summed E-state index contributed by atoms with van der Waals surface area (Å²) in [7, 11) is -2.46. The van der Waals surface area contributed by atoms with E-state index < -0.39 is 8.32 Å². The number of amides is 1. The number of H-pyrrole nitrogens is 1. The van der Waals surface area contributed by atoms with Gasteiger partial charge in [-0.3, -0.25) is 4.79 Å². The van der Waals surface area contributed by atoms with Crippen LogP contribution in [0.1, 0.15) is 56.8 Å². The van der Waals surface area contributed by atoms with Crippen LogP contribution in [0, 0.1) is 0 Å². The fraction of sp³-hybridized carbons (Fsp3) is 0.345. The van der Waals surface area contributed by atoms with E-state index in [9.17, 15) is 4.79 Å². The summed E-state index contributed by atoms with van der Waals surface area (Å²) in [5.74, 6) is -0.0742. The normalized spacial score (nSPS) is 12.1. The molecular weight excluding hydrogens is 464 g/mol. The maximum Gasteiger partial charge on any atom is 0.261 e. The zero-order valence-electron chi connectivity index (χ0n) is 21.5. The van der Waals surface area contributed by atoms with Crippen LogP contribution in [-0.2, 0) is 4.43 Å². The molecule has 6 nitrogen and oxygen atoms in total. The van der Waals surface area contributed by atoms with E-state index in [1.807, 2.05) is 0 Å². The van der Waals surface area contributed by atoms with E-state index in [0.717, 1.165) is 37.8 Å². The molecule has 0 atom stereocenters. The number of nitrogens with zero attached hydrogens (tertiary/aromatic N) is 2. The predicted octanol–water partition coefficient (Wildman–Crippen LogP) is 4.82. The van der Waals surface area contributed by atoms with Crippen LogP contribution in [0.15, 0.2) is 78.9 Å². The van der Waals surface area contributed by atoms with Crippen LogP contribution in [0.5, 0.6) is 0 Å². The third-order valence-corrected chi connectivity index (χ3v) is 11.7. The molecule has 4 aromatic rings. The number of hydrogen-bond acceptors (Lipinski definition) is 4. The van der Waals surface area contributed by atoms with Gasteiger partial charge in [0.1, 0.15) is 11.0 Å². The molecule has 0 fully saturated rings. The van der Waals surface area contributed by atoms with Gasteiger partial charge in [0.05, 0.1) is 0 Å². The molecule has 0 aliphatic carbocycles. The van der Waals surface area contributed by atoms with Crippen molar-refractivity contribution in [2.45, 2.75) is 51.5 Å². The summed E-state index contributed by atoms with van der Waals surface area (Å²) in [6.45, 7) is 8.31. The Labute approximate surface area is 214 Å². The summed E-state index contributed by atoms with van der Waals surface area (Å²) in [5, 5.41) is 16.3. The van der Waals surface area contributed by atoms with Crippen molar-refractivity contribution < 1.29 is 9.22 Å². The largest absolute Gasteiger partial charge is 0.407 e. The van der Waals surface area contributed by atoms with Crippen LogP contribution < -0.4 is 15.7 Å². The molecule has 188 valence electrons. The van der Waals surface area contributed by atoms with Crippen molar-refractivity contribution in [2.75, 3.05) is 13.2 Å². The van der Waals surface area contributed by atoms with Gasteiger partial charge in [0.25, 0.3) is 14.2 Å². The van der Waals surface area contributed by atoms with Crippen molar-refractivity contribution >= 4 is 35.6 Å². The van der Waals surface area contributed by atoms with Gasteiger partial charge in [0.2, 0.25) is 0 Å². The number of hydrogen-bond donors (Lipinski definition) is 2. The average Bonchev–Trinajstić information content (AvgIpc) is 3.36. The van der Waals surface area contributed by atoms with Crippen LogP contribution in [0.25, 0.3) is 11.0 Å². The van der Waals surface area contributed by atoms with E-state index in [1.54, 1.807) is 18.2 Å². The zero-order valence-corrected chi connectivity index (χ0v) is 22.5. The lowest BCUT2D eigenvalue weighted by Gasteiger charge is -2.43. The topological polar surface area (TPSA) is 79.9 Å². The van der Waals surface area contributed by atoms with Gasteiger partial charge in [-0.05, 0) is 46.5 Å². The fourth-order valence-electron chi connectivity index (χ4n) is 4.85. The number of rotatable bonds is 11. The highest BCUT2D eigenvalue weighted by Crippen LogP contribution is 2.36. The molecule has 7 heteroatoms. The summed E-state index contributed by atoms with van der Waals surface area (Å²) in [6.07, 6.45) is 4.06. The summed E-state index contributed by atoms with van der Waals surface area (Å²) in [5.41, 5.74) is 2.06. The molecule has 0 unspecified atom stereocenters. The number of nitrogens with one attached hydrogen (secondary N) is 2. The van der Waals surface area contributed by atoms with E-state index in [-0.39, 0.29) is 10.9 Å². The number of carbonyl (C=O) groups excluding carboxylic acids is 1. The minimum absolute atomic E-state index is 0.00498. The van der Waals surface area contributed by atoms with Crippen LogP contribution in [0.3, 0.4) is 0 Å². The number of benzene rings is 3. The van der Waals surface area contributed by atoms with Gasteiger partial charge in [0, 0.05) is 18.7 Å². The molecule has 4 rings (SSSR count). The molecule has 1 heterocycles. The van der Waals surface area contributed by atoms with E-state index in [2.05, 4.69) is 102 Å². The van der Waals surface area contributed by atoms with Crippen LogP contribution >= 0.6 is 0 Å². The molecule has 36 heavy (non-hydrogen) atoms. The molecule has 0 bridgehead atoms. The molecule has 1 aromatic heterocycles. The Balaban J connectivity index is 1.28. The first kappa shape index (κ1) is 25.8. The van der Waals surface area contributed by atoms with Crippen LogP contribution in [-0.4, -0.2) is 42.8 Å². The first-order valence-electron chi connectivity index (χ1n) is 12.8. The number of unbranched alkanes of at least 4 members (excludes halogenated alkanes) is 3. The smallest absolute Gasteiger partial charge is 0.261 e. The second-order valence-corrected chi connectivity index (χ2v) is 14.5. The first-order valence-corrected chi connectivity index (χ1v) is 14.7. The van der Waals surface area contributed by atoms with Gasteiger partial charge in [0.15, 0.2) is 0 Å². The summed E-state index contributed by atoms with van der Waals surface area (Å²) < 4.78 is 6.95. The number of aromatic nitrogens is 3. The van der Waals surface area contributed by atoms with Crippen molar-refractivity contribution in [3.63, 3.8) is 0 Å². The first-order chi connectivity index (χ1) is 17.4. The third-order valence-electron chi connectivity index (χ3n) is 6.67. The van der Waals surface area contributed by atoms with Gasteiger partial charge in [-0.2, -0.15) is 15.4 Å². The van der Waals surface area contributed by atoms with Gasteiger partial charge in [-0.15, -0.1) is 0 Å². The van der Waals surface area contributed by atoms with Crippen LogP contribution in [0.2, 0.25) is 5.04 Å². The molecule has 0 aliphatic rings. The van der Waals surface area contributed by atoms with E-state index in [4.69, 9.17) is 4.43 Å². The Morgan fingerprint density at radius 2 is 1.44 bits per heavy atom. The van der Waals surface area contributed by atoms with Crippen molar-refractivity contribution in [3.05, 3.63) is 84.4 Å². The maximum absolute atomic E-state index is 12.4. The van der Waals surface area contributed by atoms with Gasteiger partial charge < -0.3 is 9.74 Å². The summed E-state index contributed by atoms with van der Waals surface area (Å²) in [6, 6.07) is 26.9. The molecule has 0 saturated heterocycles. The van der Waals surface area contributed by atoms with E-state index >= 15 is 0 Å². The minimum atomic E-state index is -2.46. The van der Waals surface area contributed by atoms with Crippen LogP contribution in [0.4, 0.5) is 0 Å². The molecule has 3 aromatic carbocycles. The molecule has 0 spiro atoms. The Hall–Kier alpha value is -3.29. The SMILES string of the molecule is CC(C)(C)[Si](OCCCCCCNC(=O)c1ccc2n[nH]nc2c1)(c1ccccc1)c1ccccc1. The van der Waals surface area contributed by atoms with E-state index in [1.165, 1.54) is 10.4 Å². The lowest BCUT2D eigenvalue weighted by atomic mass is 10.1. The lowest BCUT2D eigenvalue weighted by molar-refractivity contribution is 0.0953. The Bertz CT molecular complexity index is 1210. The van der Waals surface area contributed by atoms with Crippen molar-refractivity contribution in [1.29, 1.82) is 0 Å². The Kier molecular flexibility index (Phi) is 8.33. The molecule has 2 N–H and O–H groups in total. The van der Waals surface area contributed by atoms with Crippen molar-refractivity contribution in [1.82, 2.24) is 20.7 Å². The van der Waals surface area contributed by atoms with Crippen molar-refractivity contribution in [2.24, 2.45) is 0 Å². The molecule has 0 radical (unpaired) electrons. The zero-order chi connectivity index (χ0) is 25.4. The maximum atomic E-state index is 12.4. The van der Waals surface area contributed by atoms with Gasteiger partial charge in [-0.1, -0.05) is 94.3 Å². The molecular formula is C29H36N4O2Si. The van der Waals surface area contributed by atoms with E-state index in [0.29, 0.717) is 17.6 Å². The highest BCUT2D eigenvalue weighted by Gasteiger charge is 2.49. The van der Waals surface area contributed by atoms with Crippen molar-refractivity contribution in [3.8, 4) is 0 Å². The van der Waals surface area contributed by atoms with Gasteiger partial charge >= 0.3 is 0 Å². The molecule has 1 amide bonds. The molecule has 0 aliphatic heterocycles. The second-order valence-electron chi connectivity index (χ2n) is 10.2. The highest BCUT2D eigenvalue weighted by molar-refractivity contribution is 6.99. The number of carbonyl (C=O) groups is 1.